The highest BCUT2D eigenvalue weighted by atomic mass is 32.2. The van der Waals surface area contributed by atoms with E-state index in [1.165, 1.54) is 0 Å². The van der Waals surface area contributed by atoms with Crippen molar-refractivity contribution in [2.45, 2.75) is 53.4 Å². The number of Topliss-reactive ketones (excluding diaryl/α,β-unsaturated/α-hetero) is 2. The largest absolute Gasteiger partial charge is 0.294 e. The van der Waals surface area contributed by atoms with Crippen LogP contribution in [0.2, 0.25) is 0 Å². The molecule has 0 aromatic heterocycles. The van der Waals surface area contributed by atoms with Gasteiger partial charge in [0.15, 0.2) is 11.6 Å². The summed E-state index contributed by atoms with van der Waals surface area (Å²) >= 11 is 0. The fourth-order valence-electron chi connectivity index (χ4n) is 8.73. The number of hydrogen-bond acceptors (Lipinski definition) is 6. The smallest absolute Gasteiger partial charge is 0.265 e. The van der Waals surface area contributed by atoms with Gasteiger partial charge >= 0.3 is 0 Å². The first-order valence-corrected chi connectivity index (χ1v) is 17.7. The minimum absolute atomic E-state index is 0.0218. The van der Waals surface area contributed by atoms with Crippen LogP contribution in [0.25, 0.3) is 12.2 Å². The van der Waals surface area contributed by atoms with Gasteiger partial charge < -0.3 is 0 Å². The molecule has 5 rings (SSSR count). The van der Waals surface area contributed by atoms with Gasteiger partial charge in [0.2, 0.25) is 0 Å². The highest BCUT2D eigenvalue weighted by Gasteiger charge is 2.60. The van der Waals surface area contributed by atoms with E-state index in [2.05, 4.69) is 13.8 Å². The van der Waals surface area contributed by atoms with Crippen molar-refractivity contribution in [3.05, 3.63) is 46.5 Å². The van der Waals surface area contributed by atoms with Gasteiger partial charge in [-0.3, -0.25) is 18.7 Å². The summed E-state index contributed by atoms with van der Waals surface area (Å²) in [5, 5.41) is 0. The molecule has 0 amide bonds. The van der Waals surface area contributed by atoms with Crippen LogP contribution in [-0.2, 0) is 29.8 Å². The van der Waals surface area contributed by atoms with E-state index in [1.807, 2.05) is 50.3 Å². The van der Waals surface area contributed by atoms with Crippen LogP contribution >= 0.6 is 0 Å². The Morgan fingerprint density at radius 1 is 0.805 bits per heavy atom. The summed E-state index contributed by atoms with van der Waals surface area (Å²) in [5.41, 5.74) is 1.66. The first-order chi connectivity index (χ1) is 19.0. The van der Waals surface area contributed by atoms with Gasteiger partial charge in [0.1, 0.15) is 0 Å². The molecule has 41 heavy (non-hydrogen) atoms. The highest BCUT2D eigenvalue weighted by Crippen LogP contribution is 2.58. The van der Waals surface area contributed by atoms with E-state index in [-0.39, 0.29) is 47.1 Å². The Balaban J connectivity index is 1.45. The van der Waals surface area contributed by atoms with E-state index >= 15 is 0 Å². The SMILES string of the molecule is CC1CC2/C(=C/c3ccc(/C=C4\C(=O)C5(CS(=O)(=O)O)CC(C)CC4C5C)cc3)C(=O)C(CS(=O)(=O)O)C(C1)C2C. The van der Waals surface area contributed by atoms with Crippen molar-refractivity contribution >= 4 is 44.0 Å². The molecule has 0 radical (unpaired) electrons. The second-order valence-corrected chi connectivity index (χ2v) is 16.4. The molecule has 0 saturated heterocycles. The molecular formula is C31H40O8S2. The summed E-state index contributed by atoms with van der Waals surface area (Å²) in [4.78, 5) is 27.2. The van der Waals surface area contributed by atoms with Crippen molar-refractivity contribution in [3.63, 3.8) is 0 Å². The van der Waals surface area contributed by atoms with E-state index < -0.39 is 43.1 Å². The summed E-state index contributed by atoms with van der Waals surface area (Å²) in [7, 11) is -8.64. The average Bonchev–Trinajstić information content (AvgIpc) is 2.95. The van der Waals surface area contributed by atoms with E-state index in [0.29, 0.717) is 23.5 Å². The van der Waals surface area contributed by atoms with Crippen LogP contribution in [0.4, 0.5) is 0 Å². The summed E-state index contributed by atoms with van der Waals surface area (Å²) in [5.74, 6) is -2.00. The molecule has 4 bridgehead atoms. The lowest BCUT2D eigenvalue weighted by atomic mass is 9.56. The molecule has 224 valence electrons. The minimum Gasteiger partial charge on any atom is -0.294 e. The minimum atomic E-state index is -4.33. The molecule has 4 saturated carbocycles. The molecule has 0 aliphatic heterocycles. The number of fused-ring (bicyclic) bond motifs is 4. The topological polar surface area (TPSA) is 143 Å². The zero-order chi connectivity index (χ0) is 30.1. The fraction of sp³-hybridized carbons (Fsp3) is 0.613. The van der Waals surface area contributed by atoms with E-state index in [1.54, 1.807) is 0 Å². The third kappa shape index (κ3) is 5.77. The fourth-order valence-corrected chi connectivity index (χ4v) is 10.7. The van der Waals surface area contributed by atoms with Crippen molar-refractivity contribution in [2.24, 2.45) is 52.8 Å². The molecule has 8 nitrogen and oxygen atoms in total. The van der Waals surface area contributed by atoms with Crippen LogP contribution in [0.3, 0.4) is 0 Å². The van der Waals surface area contributed by atoms with Crippen molar-refractivity contribution < 1.29 is 35.5 Å². The standard InChI is InChI=1S/C31H40O8S2/c1-17-9-23-19(3)24(10-17)28(15-40(34,35)36)29(32)26(23)12-21-5-7-22(8-6-21)13-27-25-11-18(2)14-31(20(25)4,30(27)33)16-41(37,38)39/h5-8,12-13,17-20,23-25,28H,9-11,14-16H2,1-4H3,(H,34,35,36)(H,37,38,39)/b26-12-,27-13-. The summed E-state index contributed by atoms with van der Waals surface area (Å²) in [6.45, 7) is 8.11. The van der Waals surface area contributed by atoms with Crippen LogP contribution in [0.5, 0.6) is 0 Å². The lowest BCUT2D eigenvalue weighted by Gasteiger charge is -2.48. The number of hydrogen-bond donors (Lipinski definition) is 2. The number of allylic oxidation sites excluding steroid dienone is 2. The molecule has 9 atom stereocenters. The second-order valence-electron chi connectivity index (χ2n) is 13.4. The Kier molecular flexibility index (Phi) is 7.79. The van der Waals surface area contributed by atoms with Gasteiger partial charge in [0, 0.05) is 5.92 Å². The molecule has 4 aliphatic rings. The van der Waals surface area contributed by atoms with Crippen molar-refractivity contribution in [1.29, 1.82) is 0 Å². The van der Waals surface area contributed by atoms with Gasteiger partial charge in [0.05, 0.1) is 16.9 Å². The Morgan fingerprint density at radius 3 is 1.93 bits per heavy atom. The predicted molar refractivity (Wildman–Crippen MR) is 157 cm³/mol. The van der Waals surface area contributed by atoms with Crippen LogP contribution in [-0.4, -0.2) is 49.0 Å². The first-order valence-electron chi connectivity index (χ1n) is 14.5. The van der Waals surface area contributed by atoms with Crippen LogP contribution in [0, 0.1) is 52.8 Å². The summed E-state index contributed by atoms with van der Waals surface area (Å²) < 4.78 is 66.5. The van der Waals surface area contributed by atoms with Gasteiger partial charge in [-0.05, 0) is 102 Å². The Hall–Kier alpha value is -2.14. The van der Waals surface area contributed by atoms with Gasteiger partial charge in [-0.15, -0.1) is 0 Å². The number of rotatable bonds is 6. The molecule has 0 heterocycles. The normalized spacial score (nSPS) is 39.5. The Morgan fingerprint density at radius 2 is 1.37 bits per heavy atom. The van der Waals surface area contributed by atoms with Crippen molar-refractivity contribution in [2.75, 3.05) is 11.5 Å². The van der Waals surface area contributed by atoms with Crippen LogP contribution in [0.1, 0.15) is 64.5 Å². The number of carbonyl (C=O) groups is 2. The Bertz CT molecular complexity index is 1520. The van der Waals surface area contributed by atoms with Gasteiger partial charge in [-0.1, -0.05) is 52.0 Å². The number of ketones is 2. The number of benzene rings is 1. The maximum Gasteiger partial charge on any atom is 0.265 e. The molecule has 10 heteroatoms. The van der Waals surface area contributed by atoms with E-state index in [0.717, 1.165) is 30.4 Å². The zero-order valence-corrected chi connectivity index (χ0v) is 25.6. The lowest BCUT2D eigenvalue weighted by molar-refractivity contribution is -0.126. The number of carbonyl (C=O) groups excluding carboxylic acids is 2. The van der Waals surface area contributed by atoms with Crippen LogP contribution in [0.15, 0.2) is 35.4 Å². The highest BCUT2D eigenvalue weighted by molar-refractivity contribution is 7.86. The molecule has 1 aromatic carbocycles. The van der Waals surface area contributed by atoms with Gasteiger partial charge in [-0.25, -0.2) is 0 Å². The monoisotopic (exact) mass is 604 g/mol. The van der Waals surface area contributed by atoms with Crippen LogP contribution < -0.4 is 0 Å². The molecule has 0 spiro atoms. The molecule has 4 fully saturated rings. The van der Waals surface area contributed by atoms with Gasteiger partial charge in [-0.2, -0.15) is 16.8 Å². The molecular weight excluding hydrogens is 564 g/mol. The van der Waals surface area contributed by atoms with E-state index in [9.17, 15) is 35.5 Å². The van der Waals surface area contributed by atoms with E-state index in [4.69, 9.17) is 0 Å². The molecule has 2 N–H and O–H groups in total. The first kappa shape index (κ1) is 30.3. The molecule has 1 aromatic rings. The Labute approximate surface area is 243 Å². The van der Waals surface area contributed by atoms with Crippen molar-refractivity contribution in [1.82, 2.24) is 0 Å². The molecule has 9 unspecified atom stereocenters. The second kappa shape index (κ2) is 10.5. The molecule has 4 aliphatic carbocycles. The third-order valence-corrected chi connectivity index (χ3v) is 12.2. The van der Waals surface area contributed by atoms with Gasteiger partial charge in [0.25, 0.3) is 20.2 Å². The summed E-state index contributed by atoms with van der Waals surface area (Å²) in [6, 6.07) is 7.44. The zero-order valence-electron chi connectivity index (χ0n) is 24.0. The maximum absolute atomic E-state index is 13.6. The third-order valence-electron chi connectivity index (χ3n) is 10.5. The predicted octanol–water partition coefficient (Wildman–Crippen LogP) is 4.98. The quantitative estimate of drug-likeness (QED) is 0.342. The lowest BCUT2D eigenvalue weighted by Crippen LogP contribution is -2.48. The summed E-state index contributed by atoms with van der Waals surface area (Å²) in [6.07, 6.45) is 6.49. The average molecular weight is 605 g/mol. The maximum atomic E-state index is 13.6. The van der Waals surface area contributed by atoms with Crippen molar-refractivity contribution in [3.8, 4) is 0 Å².